The smallest absolute Gasteiger partial charge is 0.228 e. The summed E-state index contributed by atoms with van der Waals surface area (Å²) in [5.74, 6) is 0.963. The summed E-state index contributed by atoms with van der Waals surface area (Å²) in [6.07, 6.45) is 2.11. The van der Waals surface area contributed by atoms with E-state index in [9.17, 15) is 4.79 Å². The first kappa shape index (κ1) is 14.3. The minimum atomic E-state index is -0.151. The molecule has 1 amide bonds. The number of nitrogens with one attached hydrogen (secondary N) is 1. The minimum absolute atomic E-state index is 0.151. The number of hydrogen-bond donors (Lipinski definition) is 1. The number of carbonyl (C=O) groups is 1. The average molecular weight is 305 g/mol. The second-order valence-corrected chi connectivity index (χ2v) is 6.71. The fourth-order valence-corrected chi connectivity index (χ4v) is 3.36. The summed E-state index contributed by atoms with van der Waals surface area (Å²) in [6.45, 7) is 5.79. The van der Waals surface area contributed by atoms with Crippen molar-refractivity contribution in [2.45, 2.75) is 26.4 Å². The molecule has 112 valence electrons. The average Bonchev–Trinajstić information content (AvgIpc) is 3.08. The van der Waals surface area contributed by atoms with Crippen LogP contribution in [0, 0.1) is 13.8 Å². The highest BCUT2D eigenvalue weighted by Gasteiger charge is 2.27. The number of amides is 1. The van der Waals surface area contributed by atoms with Crippen molar-refractivity contribution in [2.75, 3.05) is 19.7 Å². The SMILES string of the molecule is Cc1cnc([C@H]2CN(C(=O)Cc3ccc(C)s3)CCO2)[nH]1. The maximum Gasteiger partial charge on any atom is 0.228 e. The third-order valence-corrected chi connectivity index (χ3v) is 4.57. The van der Waals surface area contributed by atoms with E-state index in [0.29, 0.717) is 26.1 Å². The summed E-state index contributed by atoms with van der Waals surface area (Å²) in [7, 11) is 0. The van der Waals surface area contributed by atoms with E-state index in [1.807, 2.05) is 17.9 Å². The molecule has 1 N–H and O–H groups in total. The normalized spacial score (nSPS) is 19.0. The van der Waals surface area contributed by atoms with Gasteiger partial charge in [0, 0.05) is 28.2 Å². The van der Waals surface area contributed by atoms with Gasteiger partial charge in [-0.15, -0.1) is 11.3 Å². The molecule has 2 aromatic heterocycles. The molecule has 0 spiro atoms. The number of imidazole rings is 1. The Balaban J connectivity index is 1.64. The van der Waals surface area contributed by atoms with Gasteiger partial charge in [0.05, 0.1) is 19.6 Å². The van der Waals surface area contributed by atoms with Crippen LogP contribution in [0.25, 0.3) is 0 Å². The summed E-state index contributed by atoms with van der Waals surface area (Å²) >= 11 is 1.68. The Bertz CT molecular complexity index is 634. The highest BCUT2D eigenvalue weighted by molar-refractivity contribution is 7.12. The Morgan fingerprint density at radius 1 is 1.52 bits per heavy atom. The Hall–Kier alpha value is -1.66. The van der Waals surface area contributed by atoms with E-state index in [2.05, 4.69) is 23.0 Å². The van der Waals surface area contributed by atoms with E-state index in [4.69, 9.17) is 4.74 Å². The van der Waals surface area contributed by atoms with Crippen LogP contribution < -0.4 is 0 Å². The first-order chi connectivity index (χ1) is 10.1. The van der Waals surface area contributed by atoms with Gasteiger partial charge in [0.15, 0.2) is 0 Å². The minimum Gasteiger partial charge on any atom is -0.367 e. The molecule has 3 heterocycles. The fraction of sp³-hybridized carbons (Fsp3) is 0.467. The van der Waals surface area contributed by atoms with E-state index >= 15 is 0 Å². The number of aryl methyl sites for hydroxylation is 2. The van der Waals surface area contributed by atoms with E-state index in [-0.39, 0.29) is 12.0 Å². The van der Waals surface area contributed by atoms with Crippen LogP contribution in [0.1, 0.15) is 27.4 Å². The largest absolute Gasteiger partial charge is 0.367 e. The molecule has 1 saturated heterocycles. The van der Waals surface area contributed by atoms with Crippen LogP contribution in [-0.4, -0.2) is 40.5 Å². The van der Waals surface area contributed by atoms with Gasteiger partial charge in [-0.05, 0) is 26.0 Å². The topological polar surface area (TPSA) is 58.2 Å². The van der Waals surface area contributed by atoms with Crippen LogP contribution in [-0.2, 0) is 16.0 Å². The molecule has 0 saturated carbocycles. The van der Waals surface area contributed by atoms with Gasteiger partial charge < -0.3 is 14.6 Å². The molecule has 21 heavy (non-hydrogen) atoms. The number of thiophene rings is 1. The molecule has 1 atom stereocenters. The van der Waals surface area contributed by atoms with Crippen molar-refractivity contribution in [3.05, 3.63) is 39.6 Å². The zero-order chi connectivity index (χ0) is 14.8. The summed E-state index contributed by atoms with van der Waals surface area (Å²) < 4.78 is 5.73. The van der Waals surface area contributed by atoms with Crippen molar-refractivity contribution in [3.63, 3.8) is 0 Å². The Labute approximate surface area is 128 Å². The molecule has 0 radical (unpaired) electrons. The molecule has 0 unspecified atom stereocenters. The van der Waals surface area contributed by atoms with Crippen LogP contribution in [0.5, 0.6) is 0 Å². The molecule has 0 aliphatic carbocycles. The third kappa shape index (κ3) is 3.33. The Kier molecular flexibility index (Phi) is 4.07. The van der Waals surface area contributed by atoms with Crippen molar-refractivity contribution in [1.82, 2.24) is 14.9 Å². The molecule has 5 nitrogen and oxygen atoms in total. The summed E-state index contributed by atoms with van der Waals surface area (Å²) in [4.78, 5) is 24.1. The first-order valence-electron chi connectivity index (χ1n) is 7.08. The first-order valence-corrected chi connectivity index (χ1v) is 7.89. The molecule has 1 aliphatic heterocycles. The zero-order valence-corrected chi connectivity index (χ0v) is 13.1. The lowest BCUT2D eigenvalue weighted by molar-refractivity contribution is -0.138. The van der Waals surface area contributed by atoms with Gasteiger partial charge in [-0.3, -0.25) is 4.79 Å². The summed E-state index contributed by atoms with van der Waals surface area (Å²) in [5, 5.41) is 0. The van der Waals surface area contributed by atoms with Gasteiger partial charge in [-0.2, -0.15) is 0 Å². The molecule has 0 bridgehead atoms. The standard InChI is InChI=1S/C15H19N3O2S/c1-10-8-16-15(17-10)13-9-18(5-6-20-13)14(19)7-12-4-3-11(2)21-12/h3-4,8,13H,5-7,9H2,1-2H3,(H,16,17)/t13-/m1/s1. The number of aromatic nitrogens is 2. The predicted octanol–water partition coefficient (Wildman–Crippen LogP) is 2.23. The number of morpholine rings is 1. The number of ether oxygens (including phenoxy) is 1. The second-order valence-electron chi connectivity index (χ2n) is 5.34. The maximum absolute atomic E-state index is 12.4. The molecule has 2 aromatic rings. The molecule has 1 aliphatic rings. The number of aromatic amines is 1. The van der Waals surface area contributed by atoms with Gasteiger partial charge in [0.25, 0.3) is 0 Å². The van der Waals surface area contributed by atoms with Crippen LogP contribution in [0.4, 0.5) is 0 Å². The molecule has 6 heteroatoms. The van der Waals surface area contributed by atoms with Gasteiger partial charge >= 0.3 is 0 Å². The van der Waals surface area contributed by atoms with Gasteiger partial charge in [0.1, 0.15) is 11.9 Å². The molecular weight excluding hydrogens is 286 g/mol. The van der Waals surface area contributed by atoms with Crippen molar-refractivity contribution in [2.24, 2.45) is 0 Å². The molecule has 0 aromatic carbocycles. The number of carbonyl (C=O) groups excluding carboxylic acids is 1. The van der Waals surface area contributed by atoms with Crippen LogP contribution in [0.3, 0.4) is 0 Å². The van der Waals surface area contributed by atoms with Crippen molar-refractivity contribution >= 4 is 17.2 Å². The Morgan fingerprint density at radius 2 is 2.38 bits per heavy atom. The highest BCUT2D eigenvalue weighted by Crippen LogP contribution is 2.21. The summed E-state index contributed by atoms with van der Waals surface area (Å²) in [5.41, 5.74) is 1.01. The van der Waals surface area contributed by atoms with Crippen molar-refractivity contribution in [1.29, 1.82) is 0 Å². The van der Waals surface area contributed by atoms with Gasteiger partial charge in [-0.1, -0.05) is 0 Å². The second kappa shape index (κ2) is 5.99. The van der Waals surface area contributed by atoms with Crippen LogP contribution in [0.15, 0.2) is 18.3 Å². The van der Waals surface area contributed by atoms with Crippen molar-refractivity contribution in [3.8, 4) is 0 Å². The Morgan fingerprint density at radius 3 is 3.05 bits per heavy atom. The van der Waals surface area contributed by atoms with E-state index in [1.165, 1.54) is 4.88 Å². The predicted molar refractivity (Wildman–Crippen MR) is 81.4 cm³/mol. The molecule has 1 fully saturated rings. The fourth-order valence-electron chi connectivity index (χ4n) is 2.48. The van der Waals surface area contributed by atoms with Gasteiger partial charge in [-0.25, -0.2) is 4.98 Å². The lowest BCUT2D eigenvalue weighted by atomic mass is 10.2. The number of nitrogens with zero attached hydrogens (tertiary/aromatic N) is 2. The number of rotatable bonds is 3. The molecular formula is C15H19N3O2S. The third-order valence-electron chi connectivity index (χ3n) is 3.57. The quantitative estimate of drug-likeness (QED) is 0.946. The van der Waals surface area contributed by atoms with E-state index in [0.717, 1.165) is 16.4 Å². The number of hydrogen-bond acceptors (Lipinski definition) is 4. The van der Waals surface area contributed by atoms with E-state index in [1.54, 1.807) is 17.5 Å². The van der Waals surface area contributed by atoms with E-state index < -0.39 is 0 Å². The van der Waals surface area contributed by atoms with Crippen LogP contribution in [0.2, 0.25) is 0 Å². The van der Waals surface area contributed by atoms with Gasteiger partial charge in [0.2, 0.25) is 5.91 Å². The van der Waals surface area contributed by atoms with Crippen molar-refractivity contribution < 1.29 is 9.53 Å². The molecule has 3 rings (SSSR count). The lowest BCUT2D eigenvalue weighted by Crippen LogP contribution is -2.43. The van der Waals surface area contributed by atoms with Crippen LogP contribution >= 0.6 is 11.3 Å². The summed E-state index contributed by atoms with van der Waals surface area (Å²) in [6, 6.07) is 4.09. The maximum atomic E-state index is 12.4. The monoisotopic (exact) mass is 305 g/mol. The number of H-pyrrole nitrogens is 1. The zero-order valence-electron chi connectivity index (χ0n) is 12.3. The lowest BCUT2D eigenvalue weighted by Gasteiger charge is -2.32. The highest BCUT2D eigenvalue weighted by atomic mass is 32.1.